The van der Waals surface area contributed by atoms with Gasteiger partial charge in [-0.15, -0.1) is 0 Å². The van der Waals surface area contributed by atoms with E-state index in [9.17, 15) is 9.59 Å². The van der Waals surface area contributed by atoms with E-state index in [4.69, 9.17) is 0 Å². The van der Waals surface area contributed by atoms with Crippen LogP contribution in [0.3, 0.4) is 0 Å². The second kappa shape index (κ2) is 8.62. The summed E-state index contributed by atoms with van der Waals surface area (Å²) in [6, 6.07) is 11.2. The first-order valence-electron chi connectivity index (χ1n) is 8.56. The van der Waals surface area contributed by atoms with E-state index in [0.29, 0.717) is 6.42 Å². The fourth-order valence-electron chi connectivity index (χ4n) is 2.97. The summed E-state index contributed by atoms with van der Waals surface area (Å²) in [6.45, 7) is 1.56. The standard InChI is InChI=1S/C20H22N2O2S/c23-19(9-8-17-10-13-25-15-17)21-18(14-16-6-2-1-3-7-16)20(24)22-11-4-5-12-22/h1-3,6-10,13,15,18H,4-5,11-12,14H2,(H,21,23)/b9-8-/t18-/m0/s1. The minimum absolute atomic E-state index is 0.0126. The van der Waals surface area contributed by atoms with Crippen LogP contribution in [-0.2, 0) is 16.0 Å². The third-order valence-corrected chi connectivity index (χ3v) is 4.99. The highest BCUT2D eigenvalue weighted by Gasteiger charge is 2.27. The molecule has 0 aliphatic carbocycles. The molecular weight excluding hydrogens is 332 g/mol. The Balaban J connectivity index is 1.68. The lowest BCUT2D eigenvalue weighted by molar-refractivity contribution is -0.134. The fourth-order valence-corrected chi connectivity index (χ4v) is 3.60. The normalized spacial score (nSPS) is 15.4. The molecule has 2 heterocycles. The van der Waals surface area contributed by atoms with Crippen LogP contribution in [0.2, 0.25) is 0 Å². The molecule has 0 radical (unpaired) electrons. The Morgan fingerprint density at radius 2 is 1.92 bits per heavy atom. The molecule has 1 N–H and O–H groups in total. The Morgan fingerprint density at radius 3 is 2.60 bits per heavy atom. The van der Waals surface area contributed by atoms with E-state index in [1.165, 1.54) is 6.08 Å². The number of carbonyl (C=O) groups is 2. The van der Waals surface area contributed by atoms with Crippen molar-refractivity contribution in [2.24, 2.45) is 0 Å². The van der Waals surface area contributed by atoms with Crippen LogP contribution in [-0.4, -0.2) is 35.8 Å². The number of likely N-dealkylation sites (tertiary alicyclic amines) is 1. The molecule has 0 bridgehead atoms. The third-order valence-electron chi connectivity index (χ3n) is 4.29. The highest BCUT2D eigenvalue weighted by molar-refractivity contribution is 7.08. The van der Waals surface area contributed by atoms with Gasteiger partial charge in [0.1, 0.15) is 6.04 Å². The number of hydrogen-bond acceptors (Lipinski definition) is 3. The maximum atomic E-state index is 12.8. The molecule has 1 aromatic carbocycles. The first-order valence-corrected chi connectivity index (χ1v) is 9.50. The van der Waals surface area contributed by atoms with E-state index in [1.54, 1.807) is 17.4 Å². The molecule has 3 rings (SSSR count). The van der Waals surface area contributed by atoms with Gasteiger partial charge in [-0.25, -0.2) is 0 Å². The Morgan fingerprint density at radius 1 is 1.16 bits per heavy atom. The second-order valence-electron chi connectivity index (χ2n) is 6.17. The number of rotatable bonds is 6. The van der Waals surface area contributed by atoms with Gasteiger partial charge in [-0.2, -0.15) is 11.3 Å². The van der Waals surface area contributed by atoms with Crippen LogP contribution in [0.5, 0.6) is 0 Å². The molecule has 2 amide bonds. The largest absolute Gasteiger partial charge is 0.341 e. The molecule has 25 heavy (non-hydrogen) atoms. The number of benzene rings is 1. The van der Waals surface area contributed by atoms with Crippen molar-refractivity contribution >= 4 is 29.2 Å². The molecule has 4 nitrogen and oxygen atoms in total. The molecule has 1 aliphatic rings. The van der Waals surface area contributed by atoms with Gasteiger partial charge in [0.05, 0.1) is 0 Å². The first-order chi connectivity index (χ1) is 12.2. The molecule has 1 fully saturated rings. The third kappa shape index (κ3) is 5.03. The summed E-state index contributed by atoms with van der Waals surface area (Å²) in [5.74, 6) is -0.224. The summed E-state index contributed by atoms with van der Waals surface area (Å²) in [4.78, 5) is 27.0. The van der Waals surface area contributed by atoms with Crippen LogP contribution < -0.4 is 5.32 Å². The average Bonchev–Trinajstić information content (AvgIpc) is 3.33. The quantitative estimate of drug-likeness (QED) is 0.811. The summed E-state index contributed by atoms with van der Waals surface area (Å²) < 4.78 is 0. The number of nitrogens with zero attached hydrogens (tertiary/aromatic N) is 1. The van der Waals surface area contributed by atoms with Crippen molar-refractivity contribution in [3.8, 4) is 0 Å². The zero-order chi connectivity index (χ0) is 17.5. The predicted octanol–water partition coefficient (Wildman–Crippen LogP) is 3.11. The van der Waals surface area contributed by atoms with Crippen molar-refractivity contribution in [1.29, 1.82) is 0 Å². The second-order valence-corrected chi connectivity index (χ2v) is 6.95. The molecule has 0 unspecified atom stereocenters. The van der Waals surface area contributed by atoms with Crippen LogP contribution >= 0.6 is 11.3 Å². The Bertz CT molecular complexity index is 719. The summed E-state index contributed by atoms with van der Waals surface area (Å²) >= 11 is 1.58. The number of carbonyl (C=O) groups excluding carboxylic acids is 2. The van der Waals surface area contributed by atoms with Crippen molar-refractivity contribution in [2.75, 3.05) is 13.1 Å². The van der Waals surface area contributed by atoms with Crippen LogP contribution in [0, 0.1) is 0 Å². The van der Waals surface area contributed by atoms with Gasteiger partial charge in [-0.3, -0.25) is 9.59 Å². The molecule has 5 heteroatoms. The van der Waals surface area contributed by atoms with E-state index in [-0.39, 0.29) is 11.8 Å². The summed E-state index contributed by atoms with van der Waals surface area (Å²) in [6.07, 6.45) is 5.85. The van der Waals surface area contributed by atoms with Crippen LogP contribution in [0.25, 0.3) is 6.08 Å². The van der Waals surface area contributed by atoms with Crippen molar-refractivity contribution in [3.05, 3.63) is 64.4 Å². The molecule has 0 spiro atoms. The van der Waals surface area contributed by atoms with Gasteiger partial charge in [0.15, 0.2) is 0 Å². The van der Waals surface area contributed by atoms with Gasteiger partial charge >= 0.3 is 0 Å². The van der Waals surface area contributed by atoms with Crippen LogP contribution in [0.1, 0.15) is 24.0 Å². The molecule has 1 atom stereocenters. The lowest BCUT2D eigenvalue weighted by Crippen LogP contribution is -2.48. The maximum Gasteiger partial charge on any atom is 0.245 e. The molecule has 130 valence electrons. The monoisotopic (exact) mass is 354 g/mol. The molecular formula is C20H22N2O2S. The highest BCUT2D eigenvalue weighted by atomic mass is 32.1. The lowest BCUT2D eigenvalue weighted by Gasteiger charge is -2.23. The smallest absolute Gasteiger partial charge is 0.245 e. The minimum Gasteiger partial charge on any atom is -0.341 e. The molecule has 1 saturated heterocycles. The fraction of sp³-hybridized carbons (Fsp3) is 0.300. The lowest BCUT2D eigenvalue weighted by atomic mass is 10.0. The van der Waals surface area contributed by atoms with Gasteiger partial charge in [-0.05, 0) is 46.9 Å². The molecule has 1 aromatic heterocycles. The average molecular weight is 354 g/mol. The highest BCUT2D eigenvalue weighted by Crippen LogP contribution is 2.13. The van der Waals surface area contributed by atoms with Gasteiger partial charge in [0, 0.05) is 25.6 Å². The van der Waals surface area contributed by atoms with Gasteiger partial charge in [0.2, 0.25) is 11.8 Å². The van der Waals surface area contributed by atoms with E-state index in [1.807, 2.05) is 52.1 Å². The van der Waals surface area contributed by atoms with Crippen LogP contribution in [0.4, 0.5) is 0 Å². The van der Waals surface area contributed by atoms with E-state index in [0.717, 1.165) is 37.1 Å². The number of amides is 2. The number of hydrogen-bond donors (Lipinski definition) is 1. The molecule has 0 saturated carbocycles. The number of nitrogens with one attached hydrogen (secondary N) is 1. The van der Waals surface area contributed by atoms with Gasteiger partial charge in [0.25, 0.3) is 0 Å². The number of thiophene rings is 1. The first kappa shape index (κ1) is 17.4. The van der Waals surface area contributed by atoms with Crippen LogP contribution in [0.15, 0.2) is 53.2 Å². The van der Waals surface area contributed by atoms with Gasteiger partial charge in [-0.1, -0.05) is 30.3 Å². The summed E-state index contributed by atoms with van der Waals surface area (Å²) in [7, 11) is 0. The van der Waals surface area contributed by atoms with E-state index < -0.39 is 6.04 Å². The van der Waals surface area contributed by atoms with Crippen molar-refractivity contribution in [3.63, 3.8) is 0 Å². The topological polar surface area (TPSA) is 49.4 Å². The van der Waals surface area contributed by atoms with Crippen molar-refractivity contribution in [2.45, 2.75) is 25.3 Å². The predicted molar refractivity (Wildman–Crippen MR) is 101 cm³/mol. The van der Waals surface area contributed by atoms with Crippen molar-refractivity contribution < 1.29 is 9.59 Å². The SMILES string of the molecule is O=C(/C=C\c1ccsc1)N[C@@H](Cc1ccccc1)C(=O)N1CCCC1. The van der Waals surface area contributed by atoms with Crippen molar-refractivity contribution in [1.82, 2.24) is 10.2 Å². The summed E-state index contributed by atoms with van der Waals surface area (Å²) in [5, 5.41) is 6.83. The Labute approximate surface area is 152 Å². The van der Waals surface area contributed by atoms with E-state index >= 15 is 0 Å². The van der Waals surface area contributed by atoms with E-state index in [2.05, 4.69) is 5.32 Å². The summed E-state index contributed by atoms with van der Waals surface area (Å²) in [5.41, 5.74) is 2.03. The minimum atomic E-state index is -0.528. The molecule has 1 aliphatic heterocycles. The zero-order valence-electron chi connectivity index (χ0n) is 14.1. The Hall–Kier alpha value is -2.40. The Kier molecular flexibility index (Phi) is 6.01. The molecule has 2 aromatic rings. The zero-order valence-corrected chi connectivity index (χ0v) is 14.9. The maximum absolute atomic E-state index is 12.8. The van der Waals surface area contributed by atoms with Gasteiger partial charge < -0.3 is 10.2 Å².